The Morgan fingerprint density at radius 2 is 1.82 bits per heavy atom. The smallest absolute Gasteiger partial charge is 0.334 e. The maximum atomic E-state index is 12.7. The highest BCUT2D eigenvalue weighted by Crippen LogP contribution is 2.38. The second-order valence-electron chi connectivity index (χ2n) is 8.77. The summed E-state index contributed by atoms with van der Waals surface area (Å²) in [6.45, 7) is 5.75. The minimum atomic E-state index is -0.754. The van der Waals surface area contributed by atoms with Gasteiger partial charge in [0.25, 0.3) is 0 Å². The van der Waals surface area contributed by atoms with Crippen LogP contribution in [0.3, 0.4) is 0 Å². The average Bonchev–Trinajstić information content (AvgIpc) is 3.23. The summed E-state index contributed by atoms with van der Waals surface area (Å²) in [6, 6.07) is 7.74. The largest absolute Gasteiger partial charge is 0.458 e. The summed E-state index contributed by atoms with van der Waals surface area (Å²) in [4.78, 5) is 39.2. The Morgan fingerprint density at radius 3 is 2.52 bits per heavy atom. The molecule has 1 aromatic carbocycles. The lowest BCUT2D eigenvalue weighted by molar-refractivity contribution is -0.145. The van der Waals surface area contributed by atoms with E-state index in [1.54, 1.807) is 18.2 Å². The van der Waals surface area contributed by atoms with Gasteiger partial charge in [-0.25, -0.2) is 14.4 Å². The van der Waals surface area contributed by atoms with Crippen molar-refractivity contribution in [1.29, 1.82) is 0 Å². The van der Waals surface area contributed by atoms with Crippen LogP contribution in [0.5, 0.6) is 0 Å². The maximum absolute atomic E-state index is 12.7. The van der Waals surface area contributed by atoms with E-state index in [4.69, 9.17) is 14.2 Å². The normalized spacial score (nSPS) is 28.4. The first-order chi connectivity index (χ1) is 15.7. The van der Waals surface area contributed by atoms with Gasteiger partial charge < -0.3 is 19.1 Å². The van der Waals surface area contributed by atoms with Gasteiger partial charge in [0, 0.05) is 49.8 Å². The third-order valence-corrected chi connectivity index (χ3v) is 6.05. The van der Waals surface area contributed by atoms with Gasteiger partial charge in [-0.05, 0) is 42.8 Å². The number of nitrogens with zero attached hydrogens (tertiary/aromatic N) is 1. The number of fused-ring (bicyclic) bond motifs is 2. The topological polar surface area (TPSA) is 82.1 Å². The van der Waals surface area contributed by atoms with Crippen molar-refractivity contribution in [3.05, 3.63) is 71.4 Å². The number of ether oxygens (including phenoxy) is 3. The number of carbonyl (C=O) groups is 3. The van der Waals surface area contributed by atoms with E-state index in [1.165, 1.54) is 6.08 Å². The second kappa shape index (κ2) is 9.10. The highest BCUT2D eigenvalue weighted by molar-refractivity contribution is 5.93. The molecule has 33 heavy (non-hydrogen) atoms. The fourth-order valence-corrected chi connectivity index (χ4v) is 4.33. The van der Waals surface area contributed by atoms with Crippen molar-refractivity contribution < 1.29 is 28.6 Å². The monoisotopic (exact) mass is 449 g/mol. The van der Waals surface area contributed by atoms with Crippen LogP contribution in [0.1, 0.15) is 25.3 Å². The SMILES string of the molecule is C=C1C(=O)O[C@H]2CC3=C[C@H](C/C(C)=C/[C@@H](OC(=O)/C=C/c4ccc(N(C)C)cc4)[C@H]12)OC3=O. The summed E-state index contributed by atoms with van der Waals surface area (Å²) in [5.41, 5.74) is 3.49. The van der Waals surface area contributed by atoms with E-state index in [-0.39, 0.29) is 18.1 Å². The molecule has 0 amide bonds. The van der Waals surface area contributed by atoms with Crippen LogP contribution in [0.15, 0.2) is 65.8 Å². The predicted octanol–water partition coefficient (Wildman–Crippen LogP) is 3.37. The predicted molar refractivity (Wildman–Crippen MR) is 123 cm³/mol. The van der Waals surface area contributed by atoms with E-state index in [9.17, 15) is 14.4 Å². The molecule has 4 atom stereocenters. The molecule has 1 aromatic rings. The average molecular weight is 450 g/mol. The molecule has 7 nitrogen and oxygen atoms in total. The molecule has 2 heterocycles. The lowest BCUT2D eigenvalue weighted by atomic mass is 9.85. The summed E-state index contributed by atoms with van der Waals surface area (Å²) in [7, 11) is 3.92. The molecule has 0 spiro atoms. The van der Waals surface area contributed by atoms with Crippen LogP contribution in [0, 0.1) is 5.92 Å². The Labute approximate surface area is 193 Å². The quantitative estimate of drug-likeness (QED) is 0.302. The van der Waals surface area contributed by atoms with E-state index < -0.39 is 36.0 Å². The molecule has 172 valence electrons. The highest BCUT2D eigenvalue weighted by atomic mass is 16.6. The molecule has 1 fully saturated rings. The summed E-state index contributed by atoms with van der Waals surface area (Å²) < 4.78 is 16.7. The fourth-order valence-electron chi connectivity index (χ4n) is 4.33. The van der Waals surface area contributed by atoms with Crippen LogP contribution in [0.2, 0.25) is 0 Å². The number of esters is 3. The molecule has 2 bridgehead atoms. The Kier molecular flexibility index (Phi) is 6.22. The van der Waals surface area contributed by atoms with E-state index in [0.717, 1.165) is 16.8 Å². The number of anilines is 1. The van der Waals surface area contributed by atoms with E-state index in [1.807, 2.05) is 50.2 Å². The van der Waals surface area contributed by atoms with E-state index in [0.29, 0.717) is 12.0 Å². The van der Waals surface area contributed by atoms with Crippen LogP contribution < -0.4 is 4.90 Å². The minimum absolute atomic E-state index is 0.194. The molecule has 0 unspecified atom stereocenters. The number of hydrogen-bond donors (Lipinski definition) is 0. The molecule has 2 aliphatic heterocycles. The first-order valence-corrected chi connectivity index (χ1v) is 10.9. The zero-order valence-corrected chi connectivity index (χ0v) is 18.9. The van der Waals surface area contributed by atoms with Crippen LogP contribution >= 0.6 is 0 Å². The van der Waals surface area contributed by atoms with Gasteiger partial charge in [0.1, 0.15) is 18.3 Å². The third-order valence-electron chi connectivity index (χ3n) is 6.05. The summed E-state index contributed by atoms with van der Waals surface area (Å²) in [6.07, 6.45) is 5.51. The van der Waals surface area contributed by atoms with Gasteiger partial charge in [0.2, 0.25) is 0 Å². The lowest BCUT2D eigenvalue weighted by Crippen LogP contribution is -2.32. The van der Waals surface area contributed by atoms with Gasteiger partial charge in [0.05, 0.1) is 5.92 Å². The maximum Gasteiger partial charge on any atom is 0.334 e. The van der Waals surface area contributed by atoms with Gasteiger partial charge >= 0.3 is 17.9 Å². The van der Waals surface area contributed by atoms with Crippen LogP contribution in [0.4, 0.5) is 5.69 Å². The lowest BCUT2D eigenvalue weighted by Gasteiger charge is -2.25. The molecule has 0 aromatic heterocycles. The van der Waals surface area contributed by atoms with Crippen molar-refractivity contribution in [3.8, 4) is 0 Å². The first-order valence-electron chi connectivity index (χ1n) is 10.9. The van der Waals surface area contributed by atoms with Crippen LogP contribution in [0.25, 0.3) is 6.08 Å². The molecule has 1 saturated heterocycles. The Hall–Kier alpha value is -3.61. The summed E-state index contributed by atoms with van der Waals surface area (Å²) in [5.74, 6) is -2.08. The molecular weight excluding hydrogens is 422 g/mol. The number of carbonyl (C=O) groups excluding carboxylic acids is 3. The zero-order valence-electron chi connectivity index (χ0n) is 18.9. The molecule has 0 N–H and O–H groups in total. The van der Waals surface area contributed by atoms with Gasteiger partial charge in [-0.15, -0.1) is 0 Å². The van der Waals surface area contributed by atoms with Gasteiger partial charge in [-0.3, -0.25) is 0 Å². The number of benzene rings is 1. The molecule has 4 rings (SSSR count). The van der Waals surface area contributed by atoms with Crippen molar-refractivity contribution in [2.75, 3.05) is 19.0 Å². The Morgan fingerprint density at radius 1 is 1.09 bits per heavy atom. The van der Waals surface area contributed by atoms with E-state index in [2.05, 4.69) is 6.58 Å². The fraction of sp³-hybridized carbons (Fsp3) is 0.346. The van der Waals surface area contributed by atoms with Crippen molar-refractivity contribution in [3.63, 3.8) is 0 Å². The first kappa shape index (κ1) is 22.6. The molecule has 0 saturated carbocycles. The van der Waals surface area contributed by atoms with Gasteiger partial charge in [-0.1, -0.05) is 24.3 Å². The Bertz CT molecular complexity index is 1080. The number of hydrogen-bond acceptors (Lipinski definition) is 7. The zero-order chi connectivity index (χ0) is 23.7. The van der Waals surface area contributed by atoms with Crippen molar-refractivity contribution in [2.45, 2.75) is 38.1 Å². The summed E-state index contributed by atoms with van der Waals surface area (Å²) >= 11 is 0. The van der Waals surface area contributed by atoms with Crippen LogP contribution in [-0.4, -0.2) is 50.3 Å². The highest BCUT2D eigenvalue weighted by Gasteiger charge is 2.46. The third kappa shape index (κ3) is 4.92. The molecular formula is C26H27NO6. The molecule has 0 radical (unpaired) electrons. The van der Waals surface area contributed by atoms with Crippen molar-refractivity contribution in [2.24, 2.45) is 5.92 Å². The van der Waals surface area contributed by atoms with E-state index >= 15 is 0 Å². The molecule has 3 aliphatic rings. The Balaban J connectivity index is 1.55. The minimum Gasteiger partial charge on any atom is -0.458 e. The molecule has 1 aliphatic carbocycles. The second-order valence-corrected chi connectivity index (χ2v) is 8.77. The molecule has 7 heteroatoms. The van der Waals surface area contributed by atoms with Crippen LogP contribution in [-0.2, 0) is 28.6 Å². The standard InChI is InChI=1S/C26H27NO6/c1-15-11-20-13-18(26(30)31-20)14-22-24(16(2)25(29)33-22)21(12-15)32-23(28)10-7-17-5-8-19(9-6-17)27(3)4/h5-10,12-13,20-22,24H,2,11,14H2,1,3-4H3/b10-7+,15-12+/t20-,21+,22-,24-/m0/s1. The van der Waals surface area contributed by atoms with Gasteiger partial charge in [-0.2, -0.15) is 0 Å². The summed E-state index contributed by atoms with van der Waals surface area (Å²) in [5, 5.41) is 0. The number of rotatable bonds is 4. The van der Waals surface area contributed by atoms with Crippen molar-refractivity contribution >= 4 is 29.7 Å². The van der Waals surface area contributed by atoms with Crippen molar-refractivity contribution in [1.82, 2.24) is 0 Å². The van der Waals surface area contributed by atoms with Gasteiger partial charge in [0.15, 0.2) is 0 Å².